The lowest BCUT2D eigenvalue weighted by Gasteiger charge is -2.13. The predicted octanol–water partition coefficient (Wildman–Crippen LogP) is 4.19. The van der Waals surface area contributed by atoms with Crippen molar-refractivity contribution in [2.24, 2.45) is 0 Å². The molecule has 2 amide bonds. The summed E-state index contributed by atoms with van der Waals surface area (Å²) in [7, 11) is 0. The van der Waals surface area contributed by atoms with Crippen LogP contribution in [0.25, 0.3) is 0 Å². The van der Waals surface area contributed by atoms with E-state index < -0.39 is 0 Å². The molecule has 0 saturated heterocycles. The normalized spacial score (nSPS) is 10.0. The van der Waals surface area contributed by atoms with E-state index in [2.05, 4.69) is 10.6 Å². The lowest BCUT2D eigenvalue weighted by Crippen LogP contribution is -2.18. The second kappa shape index (κ2) is 7.54. The number of ether oxygens (including phenoxy) is 2. The molecule has 2 aromatic rings. The minimum absolute atomic E-state index is 0.288. The summed E-state index contributed by atoms with van der Waals surface area (Å²) in [6, 6.07) is 8.75. The molecule has 21 heavy (non-hydrogen) atoms. The van der Waals surface area contributed by atoms with Crippen molar-refractivity contribution in [2.75, 3.05) is 23.8 Å². The predicted molar refractivity (Wildman–Crippen MR) is 85.7 cm³/mol. The van der Waals surface area contributed by atoms with Crippen LogP contribution in [0.5, 0.6) is 11.5 Å². The molecule has 0 saturated carbocycles. The summed E-state index contributed by atoms with van der Waals surface area (Å²) < 4.78 is 11.0. The zero-order valence-corrected chi connectivity index (χ0v) is 12.8. The number of carbonyl (C=O) groups is 1. The van der Waals surface area contributed by atoms with Crippen molar-refractivity contribution in [3.05, 3.63) is 35.7 Å². The van der Waals surface area contributed by atoms with Gasteiger partial charge in [0.15, 0.2) is 11.5 Å². The Balaban J connectivity index is 2.05. The first-order chi connectivity index (χ1) is 10.2. The van der Waals surface area contributed by atoms with E-state index in [0.29, 0.717) is 30.4 Å². The van der Waals surface area contributed by atoms with Crippen LogP contribution in [0.4, 0.5) is 15.5 Å². The Labute approximate surface area is 127 Å². The summed E-state index contributed by atoms with van der Waals surface area (Å²) in [4.78, 5) is 11.9. The molecule has 0 radical (unpaired) electrons. The fraction of sp³-hybridized carbons (Fsp3) is 0.267. The summed E-state index contributed by atoms with van der Waals surface area (Å²) in [5.41, 5.74) is 0.649. The molecule has 5 nitrogen and oxygen atoms in total. The molecule has 1 aromatic carbocycles. The first-order valence-electron chi connectivity index (χ1n) is 6.74. The standard InChI is InChI=1S/C15H18N2O3S/c1-3-19-12-8-7-11(10-13(12)20-4-2)16-15(18)17-14-6-5-9-21-14/h5-10H,3-4H2,1-2H3,(H2,16,17,18). The zero-order chi connectivity index (χ0) is 15.1. The van der Waals surface area contributed by atoms with Gasteiger partial charge >= 0.3 is 6.03 Å². The minimum Gasteiger partial charge on any atom is -0.490 e. The molecule has 1 aromatic heterocycles. The average molecular weight is 306 g/mol. The number of rotatable bonds is 6. The quantitative estimate of drug-likeness (QED) is 0.841. The van der Waals surface area contributed by atoms with E-state index in [9.17, 15) is 4.79 Å². The summed E-state index contributed by atoms with van der Waals surface area (Å²) in [6.45, 7) is 4.91. The van der Waals surface area contributed by atoms with Crippen LogP contribution >= 0.6 is 11.3 Å². The van der Waals surface area contributed by atoms with Crippen LogP contribution in [0.15, 0.2) is 35.7 Å². The van der Waals surface area contributed by atoms with Crippen LogP contribution in [-0.2, 0) is 0 Å². The van der Waals surface area contributed by atoms with Gasteiger partial charge < -0.3 is 14.8 Å². The molecular formula is C15H18N2O3S. The molecule has 0 aliphatic carbocycles. The zero-order valence-electron chi connectivity index (χ0n) is 12.0. The molecule has 2 rings (SSSR count). The largest absolute Gasteiger partial charge is 0.490 e. The molecule has 0 fully saturated rings. The number of hydrogen-bond acceptors (Lipinski definition) is 4. The highest BCUT2D eigenvalue weighted by molar-refractivity contribution is 7.14. The van der Waals surface area contributed by atoms with Gasteiger partial charge in [-0.3, -0.25) is 5.32 Å². The number of nitrogens with one attached hydrogen (secondary N) is 2. The Kier molecular flexibility index (Phi) is 5.45. The number of carbonyl (C=O) groups excluding carboxylic acids is 1. The van der Waals surface area contributed by atoms with Crippen LogP contribution in [0.1, 0.15) is 13.8 Å². The number of thiophene rings is 1. The highest BCUT2D eigenvalue weighted by Crippen LogP contribution is 2.30. The van der Waals surface area contributed by atoms with Gasteiger partial charge in [0.05, 0.1) is 18.2 Å². The molecule has 0 atom stereocenters. The van der Waals surface area contributed by atoms with Gasteiger partial charge in [0.25, 0.3) is 0 Å². The van der Waals surface area contributed by atoms with E-state index in [1.807, 2.05) is 31.4 Å². The van der Waals surface area contributed by atoms with Gasteiger partial charge in [-0.25, -0.2) is 4.79 Å². The third kappa shape index (κ3) is 4.39. The smallest absolute Gasteiger partial charge is 0.324 e. The number of anilines is 2. The number of hydrogen-bond donors (Lipinski definition) is 2. The van der Waals surface area contributed by atoms with E-state index in [1.54, 1.807) is 18.2 Å². The van der Waals surface area contributed by atoms with Crippen LogP contribution in [-0.4, -0.2) is 19.2 Å². The number of urea groups is 1. The highest BCUT2D eigenvalue weighted by Gasteiger charge is 2.08. The van der Waals surface area contributed by atoms with Gasteiger partial charge in [-0.05, 0) is 43.5 Å². The van der Waals surface area contributed by atoms with Crippen LogP contribution < -0.4 is 20.1 Å². The Bertz CT molecular complexity index is 585. The van der Waals surface area contributed by atoms with Gasteiger partial charge in [-0.1, -0.05) is 0 Å². The highest BCUT2D eigenvalue weighted by atomic mass is 32.1. The molecule has 0 aliphatic heterocycles. The van der Waals surface area contributed by atoms with E-state index >= 15 is 0 Å². The number of amides is 2. The molecule has 0 spiro atoms. The minimum atomic E-state index is -0.288. The van der Waals surface area contributed by atoms with Crippen LogP contribution in [0.3, 0.4) is 0 Å². The van der Waals surface area contributed by atoms with Crippen LogP contribution in [0.2, 0.25) is 0 Å². The average Bonchev–Trinajstić information content (AvgIpc) is 2.95. The second-order valence-corrected chi connectivity index (χ2v) is 5.03. The van der Waals surface area contributed by atoms with Gasteiger partial charge in [0.1, 0.15) is 0 Å². The van der Waals surface area contributed by atoms with E-state index in [0.717, 1.165) is 5.00 Å². The van der Waals surface area contributed by atoms with Gasteiger partial charge in [0, 0.05) is 11.8 Å². The maximum absolute atomic E-state index is 11.9. The van der Waals surface area contributed by atoms with Crippen molar-refractivity contribution in [1.82, 2.24) is 0 Å². The van der Waals surface area contributed by atoms with Crippen molar-refractivity contribution < 1.29 is 14.3 Å². The first-order valence-corrected chi connectivity index (χ1v) is 7.62. The van der Waals surface area contributed by atoms with Gasteiger partial charge in [-0.15, -0.1) is 11.3 Å². The lowest BCUT2D eigenvalue weighted by molar-refractivity contribution is 0.262. The van der Waals surface area contributed by atoms with Gasteiger partial charge in [-0.2, -0.15) is 0 Å². The van der Waals surface area contributed by atoms with E-state index in [1.165, 1.54) is 11.3 Å². The lowest BCUT2D eigenvalue weighted by atomic mass is 10.2. The first kappa shape index (κ1) is 15.2. The Morgan fingerprint density at radius 2 is 1.86 bits per heavy atom. The van der Waals surface area contributed by atoms with E-state index in [-0.39, 0.29) is 6.03 Å². The molecule has 6 heteroatoms. The second-order valence-electron chi connectivity index (χ2n) is 4.08. The van der Waals surface area contributed by atoms with Crippen molar-refractivity contribution in [3.63, 3.8) is 0 Å². The summed E-state index contributed by atoms with van der Waals surface area (Å²) in [5.74, 6) is 1.29. The monoisotopic (exact) mass is 306 g/mol. The Morgan fingerprint density at radius 1 is 1.10 bits per heavy atom. The van der Waals surface area contributed by atoms with E-state index in [4.69, 9.17) is 9.47 Å². The number of benzene rings is 1. The third-order valence-corrected chi connectivity index (χ3v) is 3.34. The molecule has 2 N–H and O–H groups in total. The summed E-state index contributed by atoms with van der Waals surface area (Å²) in [6.07, 6.45) is 0. The van der Waals surface area contributed by atoms with Gasteiger partial charge in [0.2, 0.25) is 0 Å². The summed E-state index contributed by atoms with van der Waals surface area (Å²) in [5, 5.41) is 8.22. The van der Waals surface area contributed by atoms with Crippen molar-refractivity contribution in [3.8, 4) is 11.5 Å². The van der Waals surface area contributed by atoms with Crippen molar-refractivity contribution in [1.29, 1.82) is 0 Å². The molecule has 112 valence electrons. The molecule has 0 bridgehead atoms. The van der Waals surface area contributed by atoms with Crippen molar-refractivity contribution in [2.45, 2.75) is 13.8 Å². The topological polar surface area (TPSA) is 59.6 Å². The fourth-order valence-corrected chi connectivity index (χ4v) is 2.37. The van der Waals surface area contributed by atoms with Crippen molar-refractivity contribution >= 4 is 28.1 Å². The SMILES string of the molecule is CCOc1ccc(NC(=O)Nc2cccs2)cc1OCC. The molecule has 0 aliphatic rings. The molecule has 0 unspecified atom stereocenters. The Hall–Kier alpha value is -2.21. The molecular weight excluding hydrogens is 288 g/mol. The maximum Gasteiger partial charge on any atom is 0.324 e. The maximum atomic E-state index is 11.9. The fourth-order valence-electron chi connectivity index (χ4n) is 1.75. The summed E-state index contributed by atoms with van der Waals surface area (Å²) >= 11 is 1.47. The third-order valence-electron chi connectivity index (χ3n) is 2.56. The molecule has 1 heterocycles. The van der Waals surface area contributed by atoms with Crippen LogP contribution in [0, 0.1) is 0 Å². The Morgan fingerprint density at radius 3 is 2.52 bits per heavy atom.